The molecule has 1 saturated carbocycles. The molecule has 3 aliphatic rings. The minimum absolute atomic E-state index is 0.0694. The second-order valence-electron chi connectivity index (χ2n) is 8.36. The van der Waals surface area contributed by atoms with E-state index in [9.17, 15) is 4.79 Å². The Morgan fingerprint density at radius 1 is 1.22 bits per heavy atom. The standard InChI is InChI=1S/C24H30N2O/c1-4-20-19-14-17(2)16-24(20,25-13-12-18-8-6-5-7-9-18)21-10-11-23(27)26(3)22(21)15-19/h4,10-14,19H,5-9,15-16H2,1-3H3/t19-,24+/m0/s1. The minimum Gasteiger partial charge on any atom is -0.315 e. The predicted octanol–water partition coefficient (Wildman–Crippen LogP) is 5.01. The molecule has 4 rings (SSSR count). The van der Waals surface area contributed by atoms with E-state index in [1.807, 2.05) is 17.7 Å². The molecule has 0 aliphatic heterocycles. The van der Waals surface area contributed by atoms with Crippen molar-refractivity contribution in [3.05, 3.63) is 68.7 Å². The van der Waals surface area contributed by atoms with E-state index in [0.717, 1.165) is 18.5 Å². The van der Waals surface area contributed by atoms with Crippen LogP contribution in [0.15, 0.2) is 56.9 Å². The molecule has 1 aromatic heterocycles. The third kappa shape index (κ3) is 3.07. The van der Waals surface area contributed by atoms with Gasteiger partial charge in [0.25, 0.3) is 0 Å². The first kappa shape index (κ1) is 18.2. The zero-order valence-electron chi connectivity index (χ0n) is 16.8. The van der Waals surface area contributed by atoms with Gasteiger partial charge in [-0.1, -0.05) is 29.7 Å². The molecule has 3 heteroatoms. The van der Waals surface area contributed by atoms with Crippen LogP contribution >= 0.6 is 0 Å². The maximum absolute atomic E-state index is 12.2. The van der Waals surface area contributed by atoms with Crippen molar-refractivity contribution < 1.29 is 0 Å². The molecule has 0 amide bonds. The monoisotopic (exact) mass is 362 g/mol. The fourth-order valence-corrected chi connectivity index (χ4v) is 5.32. The molecule has 1 aromatic rings. The van der Waals surface area contributed by atoms with Crippen LogP contribution in [-0.4, -0.2) is 10.8 Å². The van der Waals surface area contributed by atoms with E-state index in [2.05, 4.69) is 38.3 Å². The van der Waals surface area contributed by atoms with Gasteiger partial charge in [-0.15, -0.1) is 0 Å². The summed E-state index contributed by atoms with van der Waals surface area (Å²) < 4.78 is 1.83. The molecule has 2 atom stereocenters. The molecule has 0 aromatic carbocycles. The number of pyridine rings is 1. The molecule has 0 unspecified atom stereocenters. The highest BCUT2D eigenvalue weighted by molar-refractivity contribution is 5.74. The van der Waals surface area contributed by atoms with Crippen LogP contribution in [-0.2, 0) is 19.0 Å². The van der Waals surface area contributed by atoms with Crippen LogP contribution in [0.4, 0.5) is 0 Å². The fourth-order valence-electron chi connectivity index (χ4n) is 5.32. The number of nitrogens with zero attached hydrogens (tertiary/aromatic N) is 2. The molecule has 0 saturated heterocycles. The van der Waals surface area contributed by atoms with Gasteiger partial charge in [-0.3, -0.25) is 9.79 Å². The number of hydrogen-bond donors (Lipinski definition) is 0. The van der Waals surface area contributed by atoms with Gasteiger partial charge < -0.3 is 4.57 Å². The lowest BCUT2D eigenvalue weighted by Gasteiger charge is -2.45. The Hall–Kier alpha value is -2.16. The second-order valence-corrected chi connectivity index (χ2v) is 8.36. The summed E-state index contributed by atoms with van der Waals surface area (Å²) in [6.07, 6.45) is 17.1. The molecule has 142 valence electrons. The van der Waals surface area contributed by atoms with Crippen LogP contribution in [0, 0.1) is 5.92 Å². The largest absolute Gasteiger partial charge is 0.315 e. The van der Waals surface area contributed by atoms with Gasteiger partial charge in [0.2, 0.25) is 5.56 Å². The van der Waals surface area contributed by atoms with E-state index in [4.69, 9.17) is 4.99 Å². The molecule has 0 spiro atoms. The van der Waals surface area contributed by atoms with E-state index >= 15 is 0 Å². The summed E-state index contributed by atoms with van der Waals surface area (Å²) in [5.74, 6) is 0.337. The maximum atomic E-state index is 12.2. The normalized spacial score (nSPS) is 29.0. The van der Waals surface area contributed by atoms with Crippen LogP contribution in [0.5, 0.6) is 0 Å². The van der Waals surface area contributed by atoms with Gasteiger partial charge in [0.15, 0.2) is 0 Å². The van der Waals surface area contributed by atoms with Crippen LogP contribution < -0.4 is 5.56 Å². The van der Waals surface area contributed by atoms with Crippen LogP contribution in [0.2, 0.25) is 0 Å². The Balaban J connectivity index is 1.85. The Morgan fingerprint density at radius 3 is 2.74 bits per heavy atom. The number of aliphatic imine (C=N–C) groups is 1. The lowest BCUT2D eigenvalue weighted by molar-refractivity contribution is 0.405. The number of hydrogen-bond acceptors (Lipinski definition) is 2. The smallest absolute Gasteiger partial charge is 0.250 e. The van der Waals surface area contributed by atoms with Gasteiger partial charge in [0, 0.05) is 42.9 Å². The number of rotatable bonds is 2. The Kier molecular flexibility index (Phi) is 4.79. The van der Waals surface area contributed by atoms with E-state index < -0.39 is 0 Å². The molecular formula is C24H30N2O. The first-order chi connectivity index (χ1) is 13.0. The summed E-state index contributed by atoms with van der Waals surface area (Å²) in [5.41, 5.74) is 6.37. The van der Waals surface area contributed by atoms with Crippen molar-refractivity contribution in [3.63, 3.8) is 0 Å². The zero-order chi connectivity index (χ0) is 19.0. The molecule has 3 aliphatic carbocycles. The fraction of sp³-hybridized carbons (Fsp3) is 0.500. The summed E-state index contributed by atoms with van der Waals surface area (Å²) in [7, 11) is 1.90. The highest BCUT2D eigenvalue weighted by Gasteiger charge is 2.46. The molecule has 0 N–H and O–H groups in total. The number of allylic oxidation sites excluding steroid dienone is 4. The highest BCUT2D eigenvalue weighted by atomic mass is 16.1. The third-order valence-corrected chi connectivity index (χ3v) is 6.61. The first-order valence-corrected chi connectivity index (χ1v) is 10.3. The summed E-state index contributed by atoms with van der Waals surface area (Å²) in [6.45, 7) is 4.35. The topological polar surface area (TPSA) is 34.4 Å². The van der Waals surface area contributed by atoms with Crippen molar-refractivity contribution in [2.24, 2.45) is 18.0 Å². The molecule has 27 heavy (non-hydrogen) atoms. The van der Waals surface area contributed by atoms with Gasteiger partial charge in [-0.25, -0.2) is 0 Å². The highest BCUT2D eigenvalue weighted by Crippen LogP contribution is 2.52. The lowest BCUT2D eigenvalue weighted by Crippen LogP contribution is -2.42. The van der Waals surface area contributed by atoms with E-state index in [1.165, 1.54) is 54.4 Å². The van der Waals surface area contributed by atoms with Gasteiger partial charge >= 0.3 is 0 Å². The van der Waals surface area contributed by atoms with Gasteiger partial charge in [-0.2, -0.15) is 0 Å². The van der Waals surface area contributed by atoms with E-state index in [0.29, 0.717) is 5.92 Å². The van der Waals surface area contributed by atoms with Gasteiger partial charge in [-0.05, 0) is 63.7 Å². The second kappa shape index (κ2) is 7.10. The zero-order valence-corrected chi connectivity index (χ0v) is 16.8. The molecule has 1 fully saturated rings. The molecular weight excluding hydrogens is 332 g/mol. The van der Waals surface area contributed by atoms with Crippen molar-refractivity contribution in [2.45, 2.75) is 64.3 Å². The summed E-state index contributed by atoms with van der Waals surface area (Å²) in [5, 5.41) is 0. The van der Waals surface area contributed by atoms with Gasteiger partial charge in [0.05, 0.1) is 0 Å². The molecule has 2 bridgehead atoms. The quantitative estimate of drug-likeness (QED) is 0.538. The first-order valence-electron chi connectivity index (χ1n) is 10.3. The van der Waals surface area contributed by atoms with Gasteiger partial charge in [0.1, 0.15) is 5.54 Å². The lowest BCUT2D eigenvalue weighted by atomic mass is 9.63. The Morgan fingerprint density at radius 2 is 2.00 bits per heavy atom. The molecule has 1 heterocycles. The summed E-state index contributed by atoms with van der Waals surface area (Å²) in [6, 6.07) is 3.73. The summed E-state index contributed by atoms with van der Waals surface area (Å²) >= 11 is 0. The number of fused-ring (bicyclic) bond motifs is 4. The van der Waals surface area contributed by atoms with Crippen molar-refractivity contribution in [1.29, 1.82) is 0 Å². The number of aromatic nitrogens is 1. The summed E-state index contributed by atoms with van der Waals surface area (Å²) in [4.78, 5) is 17.5. The predicted molar refractivity (Wildman–Crippen MR) is 112 cm³/mol. The van der Waals surface area contributed by atoms with Crippen molar-refractivity contribution in [3.8, 4) is 0 Å². The minimum atomic E-state index is -0.358. The Labute approximate surface area is 162 Å². The van der Waals surface area contributed by atoms with Crippen molar-refractivity contribution in [2.75, 3.05) is 0 Å². The molecule has 3 nitrogen and oxygen atoms in total. The van der Waals surface area contributed by atoms with Crippen molar-refractivity contribution in [1.82, 2.24) is 4.57 Å². The average molecular weight is 363 g/mol. The van der Waals surface area contributed by atoms with Crippen LogP contribution in [0.25, 0.3) is 0 Å². The van der Waals surface area contributed by atoms with E-state index in [-0.39, 0.29) is 11.1 Å². The van der Waals surface area contributed by atoms with Crippen molar-refractivity contribution >= 4 is 6.21 Å². The van der Waals surface area contributed by atoms with Crippen LogP contribution in [0.3, 0.4) is 0 Å². The SMILES string of the molecule is CC=C1[C@H]2C=C(C)C[C@]1(N=CC=C1CCCCC1)c1ccc(=O)n(C)c1C2. The third-order valence-electron chi connectivity index (χ3n) is 6.61. The van der Waals surface area contributed by atoms with Crippen LogP contribution in [0.1, 0.15) is 63.6 Å². The van der Waals surface area contributed by atoms with E-state index in [1.54, 1.807) is 6.07 Å². The maximum Gasteiger partial charge on any atom is 0.250 e. The Bertz CT molecular complexity index is 920. The average Bonchev–Trinajstić information content (AvgIpc) is 2.65. The molecule has 0 radical (unpaired) electrons.